The molecule has 0 saturated carbocycles. The third-order valence-corrected chi connectivity index (χ3v) is 5.97. The molecular formula is C22H19ClF3N3O3S. The number of hydrogen-bond acceptors (Lipinski definition) is 5. The van der Waals surface area contributed by atoms with E-state index in [1.807, 2.05) is 0 Å². The molecule has 1 aromatic heterocycles. The first-order valence-corrected chi connectivity index (χ1v) is 11.4. The van der Waals surface area contributed by atoms with Gasteiger partial charge in [0, 0.05) is 18.6 Å². The summed E-state index contributed by atoms with van der Waals surface area (Å²) in [5.74, 6) is 0.355. The highest BCUT2D eigenvalue weighted by atomic mass is 35.5. The third-order valence-electron chi connectivity index (χ3n) is 4.67. The Morgan fingerprint density at radius 3 is 2.55 bits per heavy atom. The Morgan fingerprint density at radius 2 is 1.85 bits per heavy atom. The van der Waals surface area contributed by atoms with Crippen LogP contribution in [0.2, 0.25) is 5.02 Å². The van der Waals surface area contributed by atoms with Crippen LogP contribution in [0.5, 0.6) is 11.5 Å². The number of benzene rings is 2. The summed E-state index contributed by atoms with van der Waals surface area (Å²) in [6, 6.07) is 11.8. The topological polar surface area (TPSA) is 65.4 Å². The molecule has 1 aliphatic rings. The van der Waals surface area contributed by atoms with Gasteiger partial charge in [0.2, 0.25) is 5.91 Å². The molecule has 33 heavy (non-hydrogen) atoms. The van der Waals surface area contributed by atoms with Crippen LogP contribution in [0, 0.1) is 0 Å². The number of ether oxygens (including phenoxy) is 2. The van der Waals surface area contributed by atoms with E-state index in [0.29, 0.717) is 41.7 Å². The molecule has 0 aliphatic carbocycles. The molecular weight excluding hydrogens is 479 g/mol. The number of nitrogens with zero attached hydrogens (tertiary/aromatic N) is 2. The van der Waals surface area contributed by atoms with Crippen molar-refractivity contribution in [2.24, 2.45) is 0 Å². The van der Waals surface area contributed by atoms with Crippen LogP contribution < -0.4 is 14.8 Å². The molecule has 0 unspecified atom stereocenters. The van der Waals surface area contributed by atoms with Crippen molar-refractivity contribution < 1.29 is 27.4 Å². The largest absolute Gasteiger partial charge is 0.490 e. The average Bonchev–Trinajstić information content (AvgIpc) is 3.00. The number of alkyl halides is 3. The molecule has 1 N–H and O–H groups in total. The Kier molecular flexibility index (Phi) is 7.04. The third kappa shape index (κ3) is 5.94. The summed E-state index contributed by atoms with van der Waals surface area (Å²) in [5, 5.41) is 3.03. The number of carbonyl (C=O) groups is 1. The quantitative estimate of drug-likeness (QED) is 0.445. The Hall–Kier alpha value is -2.85. The van der Waals surface area contributed by atoms with Crippen molar-refractivity contribution in [2.75, 3.05) is 24.3 Å². The summed E-state index contributed by atoms with van der Waals surface area (Å²) in [6.45, 7) is -0.236. The molecule has 174 valence electrons. The van der Waals surface area contributed by atoms with Crippen molar-refractivity contribution in [3.63, 3.8) is 0 Å². The lowest BCUT2D eigenvalue weighted by atomic mass is 10.2. The van der Waals surface area contributed by atoms with Gasteiger partial charge in [-0.15, -0.1) is 0 Å². The van der Waals surface area contributed by atoms with Crippen molar-refractivity contribution in [2.45, 2.75) is 24.3 Å². The molecule has 2 heterocycles. The Labute approximate surface area is 197 Å². The molecule has 1 aliphatic heterocycles. The van der Waals surface area contributed by atoms with Gasteiger partial charge in [0.1, 0.15) is 6.54 Å². The Bertz CT molecular complexity index is 1140. The summed E-state index contributed by atoms with van der Waals surface area (Å²) in [4.78, 5) is 16.7. The van der Waals surface area contributed by atoms with Crippen LogP contribution in [0.4, 0.5) is 18.9 Å². The summed E-state index contributed by atoms with van der Waals surface area (Å²) in [6.07, 6.45) is -2.35. The predicted octanol–water partition coefficient (Wildman–Crippen LogP) is 5.66. The zero-order valence-electron chi connectivity index (χ0n) is 17.2. The van der Waals surface area contributed by atoms with Crippen molar-refractivity contribution in [1.29, 1.82) is 0 Å². The fraction of sp³-hybridized carbons (Fsp3) is 0.273. The van der Waals surface area contributed by atoms with Crippen molar-refractivity contribution in [1.82, 2.24) is 9.55 Å². The molecule has 4 rings (SSSR count). The van der Waals surface area contributed by atoms with Gasteiger partial charge in [-0.2, -0.15) is 13.2 Å². The van der Waals surface area contributed by atoms with Crippen LogP contribution in [-0.2, 0) is 11.3 Å². The van der Waals surface area contributed by atoms with E-state index >= 15 is 0 Å². The van der Waals surface area contributed by atoms with Gasteiger partial charge in [-0.1, -0.05) is 53.7 Å². The first-order valence-electron chi connectivity index (χ1n) is 9.99. The highest BCUT2D eigenvalue weighted by Crippen LogP contribution is 2.38. The van der Waals surface area contributed by atoms with Crippen LogP contribution in [-0.4, -0.2) is 40.6 Å². The second-order valence-corrected chi connectivity index (χ2v) is 8.51. The molecule has 2 aromatic carbocycles. The van der Waals surface area contributed by atoms with Crippen LogP contribution in [0.1, 0.15) is 6.42 Å². The highest BCUT2D eigenvalue weighted by Gasteiger charge is 2.31. The molecule has 11 heteroatoms. The number of rotatable bonds is 6. The molecule has 0 spiro atoms. The monoisotopic (exact) mass is 497 g/mol. The molecule has 0 atom stereocenters. The first kappa shape index (κ1) is 23.3. The van der Waals surface area contributed by atoms with Crippen molar-refractivity contribution >= 4 is 35.0 Å². The summed E-state index contributed by atoms with van der Waals surface area (Å²) in [7, 11) is 0. The lowest BCUT2D eigenvalue weighted by Gasteiger charge is -2.14. The number of carbonyl (C=O) groups excluding carboxylic acids is 1. The number of nitrogens with one attached hydrogen (secondary N) is 1. The maximum atomic E-state index is 13.2. The number of anilines is 1. The van der Waals surface area contributed by atoms with Gasteiger partial charge in [0.15, 0.2) is 16.7 Å². The Balaban J connectivity index is 1.48. The summed E-state index contributed by atoms with van der Waals surface area (Å²) < 4.78 is 51.9. The Morgan fingerprint density at radius 1 is 1.15 bits per heavy atom. The number of halogens is 4. The van der Waals surface area contributed by atoms with Crippen molar-refractivity contribution in [3.8, 4) is 22.8 Å². The standard InChI is InChI=1S/C22H19ClF3N3O3S/c23-15-9-18-19(32-8-4-7-31-18)10-16(15)28-20(30)12-33-21-27-11-17(14-5-2-1-3-6-14)29(21)13-22(24,25)26/h1-3,5-6,9-11H,4,7-8,12-13H2,(H,28,30). The number of thioether (sulfide) groups is 1. The maximum absolute atomic E-state index is 13.2. The summed E-state index contributed by atoms with van der Waals surface area (Å²) >= 11 is 7.16. The zero-order valence-corrected chi connectivity index (χ0v) is 18.8. The second kappa shape index (κ2) is 9.96. The minimum Gasteiger partial charge on any atom is -0.490 e. The zero-order chi connectivity index (χ0) is 23.4. The molecule has 0 saturated heterocycles. The van der Waals surface area contributed by atoms with E-state index in [-0.39, 0.29) is 15.9 Å². The molecule has 0 fully saturated rings. The lowest BCUT2D eigenvalue weighted by Crippen LogP contribution is -2.20. The van der Waals surface area contributed by atoms with Gasteiger partial charge >= 0.3 is 6.18 Å². The van der Waals surface area contributed by atoms with Crippen molar-refractivity contribution in [3.05, 3.63) is 53.7 Å². The highest BCUT2D eigenvalue weighted by molar-refractivity contribution is 7.99. The number of imidazole rings is 1. The van der Waals surface area contributed by atoms with Gasteiger partial charge < -0.3 is 19.4 Å². The number of fused-ring (bicyclic) bond motifs is 1. The number of hydrogen-bond donors (Lipinski definition) is 1. The SMILES string of the molecule is O=C(CSc1ncc(-c2ccccc2)n1CC(F)(F)F)Nc1cc2c(cc1Cl)OCCCO2. The number of amides is 1. The maximum Gasteiger partial charge on any atom is 0.406 e. The molecule has 0 radical (unpaired) electrons. The van der Waals surface area contributed by atoms with Crippen LogP contribution in [0.25, 0.3) is 11.3 Å². The van der Waals surface area contributed by atoms with Crippen LogP contribution in [0.15, 0.2) is 53.8 Å². The van der Waals surface area contributed by atoms with Gasteiger partial charge in [-0.3, -0.25) is 4.79 Å². The van der Waals surface area contributed by atoms with E-state index in [1.54, 1.807) is 42.5 Å². The van der Waals surface area contributed by atoms with Crippen LogP contribution in [0.3, 0.4) is 0 Å². The average molecular weight is 498 g/mol. The fourth-order valence-corrected chi connectivity index (χ4v) is 4.22. The lowest BCUT2D eigenvalue weighted by molar-refractivity contribution is -0.141. The first-order chi connectivity index (χ1) is 15.8. The van der Waals surface area contributed by atoms with Gasteiger partial charge in [-0.05, 0) is 5.56 Å². The normalized spacial score (nSPS) is 13.5. The molecule has 0 bridgehead atoms. The van der Waals surface area contributed by atoms with E-state index in [0.717, 1.165) is 22.7 Å². The minimum absolute atomic E-state index is 0.0890. The van der Waals surface area contributed by atoms with E-state index in [1.165, 1.54) is 6.20 Å². The van der Waals surface area contributed by atoms with Gasteiger partial charge in [-0.25, -0.2) is 4.98 Å². The minimum atomic E-state index is -4.45. The summed E-state index contributed by atoms with van der Waals surface area (Å²) in [5.41, 5.74) is 1.25. The van der Waals surface area contributed by atoms with E-state index in [9.17, 15) is 18.0 Å². The van der Waals surface area contributed by atoms with E-state index < -0.39 is 18.6 Å². The van der Waals surface area contributed by atoms with Crippen LogP contribution >= 0.6 is 23.4 Å². The fourth-order valence-electron chi connectivity index (χ4n) is 3.24. The van der Waals surface area contributed by atoms with E-state index in [4.69, 9.17) is 21.1 Å². The molecule has 1 amide bonds. The van der Waals surface area contributed by atoms with E-state index in [2.05, 4.69) is 10.3 Å². The number of aromatic nitrogens is 2. The molecule has 6 nitrogen and oxygen atoms in total. The molecule has 3 aromatic rings. The van der Waals surface area contributed by atoms with Gasteiger partial charge in [0.25, 0.3) is 0 Å². The second-order valence-electron chi connectivity index (χ2n) is 7.16. The van der Waals surface area contributed by atoms with Gasteiger partial charge in [0.05, 0.1) is 41.6 Å². The smallest absolute Gasteiger partial charge is 0.406 e. The predicted molar refractivity (Wildman–Crippen MR) is 120 cm³/mol.